The van der Waals surface area contributed by atoms with Crippen LogP contribution in [-0.4, -0.2) is 33.4 Å². The molecule has 1 aromatic heterocycles. The van der Waals surface area contributed by atoms with Crippen LogP contribution in [0.25, 0.3) is 0 Å². The van der Waals surface area contributed by atoms with Crippen molar-refractivity contribution in [3.05, 3.63) is 83.3 Å². The molecule has 9 heteroatoms. The molecular weight excluding hydrogens is 434 g/mol. The van der Waals surface area contributed by atoms with Crippen molar-refractivity contribution >= 4 is 21.8 Å². The molecule has 32 heavy (non-hydrogen) atoms. The lowest BCUT2D eigenvalue weighted by Gasteiger charge is -2.10. The number of benzene rings is 2. The van der Waals surface area contributed by atoms with Gasteiger partial charge in [-0.3, -0.25) is 4.79 Å². The number of Topliss-reactive ketones (excluding diaryl/α,β-unsaturated/α-hetero) is 1. The Kier molecular flexibility index (Phi) is 7.45. The van der Waals surface area contributed by atoms with Crippen LogP contribution in [0.5, 0.6) is 5.75 Å². The van der Waals surface area contributed by atoms with Gasteiger partial charge in [0.05, 0.1) is 29.9 Å². The summed E-state index contributed by atoms with van der Waals surface area (Å²) < 4.78 is 43.1. The lowest BCUT2D eigenvalue weighted by molar-refractivity contribution is 0.0473. The number of esters is 1. The largest absolute Gasteiger partial charge is 0.494 e. The highest BCUT2D eigenvalue weighted by Crippen LogP contribution is 2.18. The molecule has 168 valence electrons. The van der Waals surface area contributed by atoms with Crippen molar-refractivity contribution < 1.29 is 31.9 Å². The maximum absolute atomic E-state index is 12.6. The molecule has 0 fully saturated rings. The molecule has 0 aliphatic heterocycles. The summed E-state index contributed by atoms with van der Waals surface area (Å²) in [5, 5.41) is 0. The molecule has 0 aliphatic carbocycles. The first-order valence-corrected chi connectivity index (χ1v) is 11.3. The average molecular weight is 458 g/mol. The van der Waals surface area contributed by atoms with Gasteiger partial charge in [0, 0.05) is 5.56 Å². The molecule has 3 rings (SSSR count). The summed E-state index contributed by atoms with van der Waals surface area (Å²) in [5.74, 6) is -0.0868. The molecule has 0 saturated carbocycles. The molecule has 0 saturated heterocycles. The lowest BCUT2D eigenvalue weighted by Crippen LogP contribution is -2.23. The van der Waals surface area contributed by atoms with Crippen LogP contribution >= 0.6 is 0 Å². The van der Waals surface area contributed by atoms with E-state index >= 15 is 0 Å². The average Bonchev–Trinajstić information content (AvgIpc) is 3.31. The van der Waals surface area contributed by atoms with Gasteiger partial charge in [0.1, 0.15) is 11.5 Å². The van der Waals surface area contributed by atoms with Crippen LogP contribution in [-0.2, 0) is 21.3 Å². The molecule has 0 unspecified atom stereocenters. The van der Waals surface area contributed by atoms with Gasteiger partial charge in [-0.25, -0.2) is 17.9 Å². The standard InChI is InChI=1S/C23H23NO7S/c1-3-29-18-9-7-17(8-10-18)22(25)15-31-23(26)21-13-20(11-6-16(21)2)32(27,28)24-14-19-5-4-12-30-19/h4-13,24H,3,14-15H2,1-2H3. The van der Waals surface area contributed by atoms with Crippen LogP contribution in [0.4, 0.5) is 0 Å². The van der Waals surface area contributed by atoms with Crippen molar-refractivity contribution in [1.82, 2.24) is 4.72 Å². The zero-order chi connectivity index (χ0) is 23.1. The molecule has 0 amide bonds. The van der Waals surface area contributed by atoms with Gasteiger partial charge in [0.25, 0.3) is 0 Å². The number of nitrogens with one attached hydrogen (secondary N) is 1. The zero-order valence-corrected chi connectivity index (χ0v) is 18.5. The van der Waals surface area contributed by atoms with E-state index in [-0.39, 0.29) is 22.8 Å². The predicted molar refractivity (Wildman–Crippen MR) is 116 cm³/mol. The predicted octanol–water partition coefficient (Wildman–Crippen LogP) is 3.50. The quantitative estimate of drug-likeness (QED) is 0.366. The number of hydrogen-bond acceptors (Lipinski definition) is 7. The van der Waals surface area contributed by atoms with Crippen LogP contribution < -0.4 is 9.46 Å². The second-order valence-corrected chi connectivity index (χ2v) is 8.60. The van der Waals surface area contributed by atoms with E-state index in [0.29, 0.717) is 29.2 Å². The molecule has 1 heterocycles. The topological polar surface area (TPSA) is 112 Å². The van der Waals surface area contributed by atoms with Crippen molar-refractivity contribution in [2.45, 2.75) is 25.3 Å². The molecule has 0 radical (unpaired) electrons. The van der Waals surface area contributed by atoms with Gasteiger partial charge >= 0.3 is 5.97 Å². The molecule has 0 spiro atoms. The molecule has 0 aliphatic rings. The monoisotopic (exact) mass is 457 g/mol. The number of carbonyl (C=O) groups excluding carboxylic acids is 2. The molecule has 3 aromatic rings. The summed E-state index contributed by atoms with van der Waals surface area (Å²) in [7, 11) is -3.89. The van der Waals surface area contributed by atoms with Gasteiger partial charge in [-0.1, -0.05) is 6.07 Å². The molecule has 0 bridgehead atoms. The van der Waals surface area contributed by atoms with Crippen LogP contribution in [0, 0.1) is 6.92 Å². The Bertz CT molecular complexity index is 1180. The van der Waals surface area contributed by atoms with Crippen molar-refractivity contribution in [3.8, 4) is 5.75 Å². The third kappa shape index (κ3) is 5.83. The minimum atomic E-state index is -3.89. The van der Waals surface area contributed by atoms with E-state index < -0.39 is 22.6 Å². The van der Waals surface area contributed by atoms with Gasteiger partial charge in [0.2, 0.25) is 10.0 Å². The normalized spacial score (nSPS) is 11.2. The van der Waals surface area contributed by atoms with E-state index in [2.05, 4.69) is 4.72 Å². The van der Waals surface area contributed by atoms with Gasteiger partial charge in [-0.15, -0.1) is 0 Å². The number of carbonyl (C=O) groups is 2. The minimum Gasteiger partial charge on any atom is -0.494 e. The second-order valence-electron chi connectivity index (χ2n) is 6.84. The highest BCUT2D eigenvalue weighted by atomic mass is 32.2. The Labute approximate surface area is 186 Å². The number of furan rings is 1. The van der Waals surface area contributed by atoms with Gasteiger partial charge in [-0.05, 0) is 67.9 Å². The second kappa shape index (κ2) is 10.3. The smallest absolute Gasteiger partial charge is 0.338 e. The summed E-state index contributed by atoms with van der Waals surface area (Å²) in [4.78, 5) is 24.8. The first-order chi connectivity index (χ1) is 15.3. The first-order valence-electron chi connectivity index (χ1n) is 9.86. The number of rotatable bonds is 10. The number of ether oxygens (including phenoxy) is 2. The van der Waals surface area contributed by atoms with Gasteiger partial charge < -0.3 is 13.9 Å². The molecular formula is C23H23NO7S. The van der Waals surface area contributed by atoms with Crippen molar-refractivity contribution in [1.29, 1.82) is 0 Å². The summed E-state index contributed by atoms with van der Waals surface area (Å²) in [5.41, 5.74) is 0.954. The van der Waals surface area contributed by atoms with E-state index in [9.17, 15) is 18.0 Å². The molecule has 0 atom stereocenters. The van der Waals surface area contributed by atoms with Crippen LogP contribution in [0.3, 0.4) is 0 Å². The van der Waals surface area contributed by atoms with E-state index in [1.54, 1.807) is 43.3 Å². The van der Waals surface area contributed by atoms with Crippen molar-refractivity contribution in [2.24, 2.45) is 0 Å². The van der Waals surface area contributed by atoms with Gasteiger partial charge in [0.15, 0.2) is 12.4 Å². The van der Waals surface area contributed by atoms with Gasteiger partial charge in [-0.2, -0.15) is 0 Å². The highest BCUT2D eigenvalue weighted by molar-refractivity contribution is 7.89. The first kappa shape index (κ1) is 23.2. The van der Waals surface area contributed by atoms with E-state index in [4.69, 9.17) is 13.9 Å². The Morgan fingerprint density at radius 3 is 2.47 bits per heavy atom. The van der Waals surface area contributed by atoms with Crippen molar-refractivity contribution in [3.63, 3.8) is 0 Å². The fraction of sp³-hybridized carbons (Fsp3) is 0.217. The number of hydrogen-bond donors (Lipinski definition) is 1. The van der Waals surface area contributed by atoms with Crippen LogP contribution in [0.15, 0.2) is 70.2 Å². The zero-order valence-electron chi connectivity index (χ0n) is 17.7. The Morgan fingerprint density at radius 2 is 1.81 bits per heavy atom. The third-order valence-corrected chi connectivity index (χ3v) is 5.98. The number of ketones is 1. The molecule has 1 N–H and O–H groups in total. The number of aryl methyl sites for hydroxylation is 1. The highest BCUT2D eigenvalue weighted by Gasteiger charge is 2.20. The third-order valence-electron chi connectivity index (χ3n) is 4.58. The Morgan fingerprint density at radius 1 is 1.06 bits per heavy atom. The summed E-state index contributed by atoms with van der Waals surface area (Å²) in [6.07, 6.45) is 1.44. The summed E-state index contributed by atoms with van der Waals surface area (Å²) >= 11 is 0. The van der Waals surface area contributed by atoms with E-state index in [1.165, 1.54) is 24.5 Å². The lowest BCUT2D eigenvalue weighted by atomic mass is 10.1. The SMILES string of the molecule is CCOc1ccc(C(=O)COC(=O)c2cc(S(=O)(=O)NCc3ccco3)ccc2C)cc1. The fourth-order valence-corrected chi connectivity index (χ4v) is 3.87. The molecule has 8 nitrogen and oxygen atoms in total. The molecule has 2 aromatic carbocycles. The maximum Gasteiger partial charge on any atom is 0.338 e. The van der Waals surface area contributed by atoms with Crippen molar-refractivity contribution in [2.75, 3.05) is 13.2 Å². The summed E-state index contributed by atoms with van der Waals surface area (Å²) in [6, 6.07) is 13.9. The van der Waals surface area contributed by atoms with Crippen LogP contribution in [0.2, 0.25) is 0 Å². The Hall–Kier alpha value is -3.43. The van der Waals surface area contributed by atoms with E-state index in [0.717, 1.165) is 0 Å². The summed E-state index contributed by atoms with van der Waals surface area (Å²) in [6.45, 7) is 3.52. The van der Waals surface area contributed by atoms with Crippen LogP contribution in [0.1, 0.15) is 39.0 Å². The Balaban J connectivity index is 1.66. The maximum atomic E-state index is 12.6. The number of sulfonamides is 1. The van der Waals surface area contributed by atoms with E-state index in [1.807, 2.05) is 6.92 Å². The minimum absolute atomic E-state index is 0.0282. The fourth-order valence-electron chi connectivity index (χ4n) is 2.85.